The highest BCUT2D eigenvalue weighted by atomic mass is 79.9. The summed E-state index contributed by atoms with van der Waals surface area (Å²) in [4.78, 5) is 0. The van der Waals surface area contributed by atoms with E-state index in [4.69, 9.17) is 9.47 Å². The number of hydrogen-bond donors (Lipinski definition) is 1. The Morgan fingerprint density at radius 2 is 1.74 bits per heavy atom. The first-order valence-electron chi connectivity index (χ1n) is 5.89. The molecule has 19 heavy (non-hydrogen) atoms. The summed E-state index contributed by atoms with van der Waals surface area (Å²) in [6.45, 7) is 1.72. The average molecular weight is 323 g/mol. The monoisotopic (exact) mass is 322 g/mol. The number of rotatable bonds is 4. The van der Waals surface area contributed by atoms with Crippen LogP contribution in [0.25, 0.3) is 0 Å². The molecular weight excluding hydrogens is 308 g/mol. The van der Waals surface area contributed by atoms with Crippen molar-refractivity contribution in [1.29, 1.82) is 0 Å². The van der Waals surface area contributed by atoms with Crippen molar-refractivity contribution < 1.29 is 14.6 Å². The molecule has 0 radical (unpaired) electrons. The van der Waals surface area contributed by atoms with Crippen molar-refractivity contribution in [2.24, 2.45) is 0 Å². The molecule has 0 amide bonds. The van der Waals surface area contributed by atoms with Gasteiger partial charge >= 0.3 is 0 Å². The van der Waals surface area contributed by atoms with Crippen LogP contribution in [0.4, 0.5) is 0 Å². The summed E-state index contributed by atoms with van der Waals surface area (Å²) >= 11 is 3.42. The molecule has 0 aliphatic rings. The predicted octanol–water partition coefficient (Wildman–Crippen LogP) is 4.30. The minimum absolute atomic E-state index is 0.514. The summed E-state index contributed by atoms with van der Waals surface area (Å²) in [6, 6.07) is 12.9. The molecule has 0 aromatic heterocycles. The van der Waals surface area contributed by atoms with Crippen LogP contribution in [0.3, 0.4) is 0 Å². The zero-order valence-corrected chi connectivity index (χ0v) is 12.3. The van der Waals surface area contributed by atoms with E-state index in [0.29, 0.717) is 11.5 Å². The van der Waals surface area contributed by atoms with Crippen molar-refractivity contribution in [1.82, 2.24) is 0 Å². The summed E-state index contributed by atoms with van der Waals surface area (Å²) < 4.78 is 11.7. The number of aliphatic hydroxyl groups is 1. The molecule has 0 saturated heterocycles. The topological polar surface area (TPSA) is 38.7 Å². The fraction of sp³-hybridized carbons (Fsp3) is 0.200. The minimum Gasteiger partial charge on any atom is -0.497 e. The van der Waals surface area contributed by atoms with Crippen LogP contribution in [-0.4, -0.2) is 12.2 Å². The summed E-state index contributed by atoms with van der Waals surface area (Å²) in [7, 11) is 1.62. The quantitative estimate of drug-likeness (QED) is 0.911. The van der Waals surface area contributed by atoms with Crippen LogP contribution in [0.1, 0.15) is 18.6 Å². The molecule has 4 heteroatoms. The Hall–Kier alpha value is -1.52. The molecular formula is C15H15BrO3. The Kier molecular flexibility index (Phi) is 4.45. The van der Waals surface area contributed by atoms with E-state index in [9.17, 15) is 5.11 Å². The van der Waals surface area contributed by atoms with Gasteiger partial charge in [-0.25, -0.2) is 0 Å². The van der Waals surface area contributed by atoms with Crippen molar-refractivity contribution in [2.75, 3.05) is 7.11 Å². The fourth-order valence-electron chi connectivity index (χ4n) is 1.71. The molecule has 2 rings (SSSR count). The molecule has 0 saturated carbocycles. The predicted molar refractivity (Wildman–Crippen MR) is 77.8 cm³/mol. The highest BCUT2D eigenvalue weighted by molar-refractivity contribution is 9.10. The van der Waals surface area contributed by atoms with Crippen molar-refractivity contribution in [3.63, 3.8) is 0 Å². The molecule has 0 aliphatic carbocycles. The first-order valence-corrected chi connectivity index (χ1v) is 6.69. The third kappa shape index (κ3) is 3.49. The van der Waals surface area contributed by atoms with Crippen molar-refractivity contribution >= 4 is 15.9 Å². The number of halogens is 1. The van der Waals surface area contributed by atoms with Gasteiger partial charge in [-0.2, -0.15) is 0 Å². The lowest BCUT2D eigenvalue weighted by atomic mass is 10.1. The third-order valence-corrected chi connectivity index (χ3v) is 3.39. The van der Waals surface area contributed by atoms with Crippen LogP contribution in [0.15, 0.2) is 46.9 Å². The maximum atomic E-state index is 9.57. The average Bonchev–Trinajstić information content (AvgIpc) is 2.38. The van der Waals surface area contributed by atoms with E-state index in [-0.39, 0.29) is 0 Å². The summed E-state index contributed by atoms with van der Waals surface area (Å²) in [5, 5.41) is 9.57. The molecule has 0 aliphatic heterocycles. The second-order valence-electron chi connectivity index (χ2n) is 4.14. The third-order valence-electron chi connectivity index (χ3n) is 2.70. The zero-order chi connectivity index (χ0) is 13.8. The Balaban J connectivity index is 2.21. The molecule has 0 spiro atoms. The van der Waals surface area contributed by atoms with Crippen LogP contribution >= 0.6 is 15.9 Å². The number of benzene rings is 2. The molecule has 0 bridgehead atoms. The lowest BCUT2D eigenvalue weighted by Gasteiger charge is -2.11. The zero-order valence-electron chi connectivity index (χ0n) is 10.8. The van der Waals surface area contributed by atoms with Gasteiger partial charge in [0.1, 0.15) is 17.2 Å². The molecule has 100 valence electrons. The number of ether oxygens (including phenoxy) is 2. The van der Waals surface area contributed by atoms with Gasteiger partial charge in [0, 0.05) is 10.5 Å². The van der Waals surface area contributed by atoms with E-state index in [1.807, 2.05) is 42.5 Å². The standard InChI is InChI=1S/C15H15BrO3/c1-10(17)14-7-6-13(9-15(14)16)19-12-5-3-4-11(8-12)18-2/h3-10,17H,1-2H3. The molecule has 2 aromatic carbocycles. The van der Waals surface area contributed by atoms with Gasteiger partial charge in [-0.3, -0.25) is 0 Å². The first-order chi connectivity index (χ1) is 9.10. The largest absolute Gasteiger partial charge is 0.497 e. The number of aliphatic hydroxyl groups excluding tert-OH is 1. The van der Waals surface area contributed by atoms with Gasteiger partial charge in [0.05, 0.1) is 13.2 Å². The highest BCUT2D eigenvalue weighted by Crippen LogP contribution is 2.31. The lowest BCUT2D eigenvalue weighted by Crippen LogP contribution is -1.93. The second kappa shape index (κ2) is 6.08. The lowest BCUT2D eigenvalue weighted by molar-refractivity contribution is 0.198. The first kappa shape index (κ1) is 13.9. The van der Waals surface area contributed by atoms with Crippen LogP contribution in [0.5, 0.6) is 17.2 Å². The fourth-order valence-corrected chi connectivity index (χ4v) is 2.40. The number of methoxy groups -OCH3 is 1. The second-order valence-corrected chi connectivity index (χ2v) is 4.99. The summed E-state index contributed by atoms with van der Waals surface area (Å²) in [5.41, 5.74) is 0.831. The summed E-state index contributed by atoms with van der Waals surface area (Å²) in [5.74, 6) is 2.15. The van der Waals surface area contributed by atoms with Gasteiger partial charge in [-0.15, -0.1) is 0 Å². The number of hydrogen-bond acceptors (Lipinski definition) is 3. The van der Waals surface area contributed by atoms with Crippen LogP contribution < -0.4 is 9.47 Å². The van der Waals surface area contributed by atoms with Crippen LogP contribution in [0.2, 0.25) is 0 Å². The van der Waals surface area contributed by atoms with Gasteiger partial charge in [0.15, 0.2) is 0 Å². The van der Waals surface area contributed by atoms with Crippen molar-refractivity contribution in [3.8, 4) is 17.2 Å². The van der Waals surface area contributed by atoms with Crippen LogP contribution in [0, 0.1) is 0 Å². The van der Waals surface area contributed by atoms with E-state index in [2.05, 4.69) is 15.9 Å². The Morgan fingerprint density at radius 1 is 1.05 bits per heavy atom. The Labute approximate surface area is 120 Å². The Bertz CT molecular complexity index is 567. The maximum Gasteiger partial charge on any atom is 0.131 e. The molecule has 1 N–H and O–H groups in total. The van der Waals surface area contributed by atoms with Gasteiger partial charge in [0.2, 0.25) is 0 Å². The molecule has 1 unspecified atom stereocenters. The summed E-state index contributed by atoms with van der Waals surface area (Å²) in [6.07, 6.45) is -0.514. The normalized spacial score (nSPS) is 12.0. The molecule has 1 atom stereocenters. The van der Waals surface area contributed by atoms with Gasteiger partial charge in [-0.1, -0.05) is 28.1 Å². The highest BCUT2D eigenvalue weighted by Gasteiger charge is 2.08. The van der Waals surface area contributed by atoms with Gasteiger partial charge < -0.3 is 14.6 Å². The van der Waals surface area contributed by atoms with E-state index >= 15 is 0 Å². The Morgan fingerprint density at radius 3 is 2.37 bits per heavy atom. The SMILES string of the molecule is COc1cccc(Oc2ccc(C(C)O)c(Br)c2)c1. The maximum absolute atomic E-state index is 9.57. The van der Waals surface area contributed by atoms with E-state index in [1.165, 1.54) is 0 Å². The molecule has 3 nitrogen and oxygen atoms in total. The van der Waals surface area contributed by atoms with E-state index < -0.39 is 6.10 Å². The smallest absolute Gasteiger partial charge is 0.131 e. The van der Waals surface area contributed by atoms with E-state index in [0.717, 1.165) is 15.8 Å². The van der Waals surface area contributed by atoms with Crippen LogP contribution in [-0.2, 0) is 0 Å². The van der Waals surface area contributed by atoms with Gasteiger partial charge in [0.25, 0.3) is 0 Å². The molecule has 0 fully saturated rings. The van der Waals surface area contributed by atoms with Crippen molar-refractivity contribution in [2.45, 2.75) is 13.0 Å². The van der Waals surface area contributed by atoms with Crippen molar-refractivity contribution in [3.05, 3.63) is 52.5 Å². The van der Waals surface area contributed by atoms with E-state index in [1.54, 1.807) is 14.0 Å². The molecule has 2 aromatic rings. The van der Waals surface area contributed by atoms with Gasteiger partial charge in [-0.05, 0) is 36.8 Å². The minimum atomic E-state index is -0.514. The molecule has 0 heterocycles.